The van der Waals surface area contributed by atoms with Gasteiger partial charge in [-0.05, 0) is 19.8 Å². The fourth-order valence-corrected chi connectivity index (χ4v) is 1.55. The number of hydrogen-bond acceptors (Lipinski definition) is 3. The van der Waals surface area contributed by atoms with E-state index >= 15 is 0 Å². The van der Waals surface area contributed by atoms with Gasteiger partial charge in [0.25, 0.3) is 0 Å². The first-order valence-electron chi connectivity index (χ1n) is 6.26. The maximum Gasteiger partial charge on any atom is 0.317 e. The maximum absolute atomic E-state index is 11.6. The molecule has 0 spiro atoms. The van der Waals surface area contributed by atoms with Crippen molar-refractivity contribution in [3.63, 3.8) is 0 Å². The van der Waals surface area contributed by atoms with E-state index in [4.69, 9.17) is 10.8 Å². The highest BCUT2D eigenvalue weighted by atomic mass is 16.4. The molecule has 4 N–H and O–H groups in total. The van der Waals surface area contributed by atoms with Crippen LogP contribution in [0.2, 0.25) is 0 Å². The normalized spacial score (nSPS) is 13.4. The fraction of sp³-hybridized carbons (Fsp3) is 0.750. The number of carboxylic acids is 1. The topological polar surface area (TPSA) is 113 Å². The van der Waals surface area contributed by atoms with Crippen molar-refractivity contribution in [1.29, 1.82) is 0 Å². The molecule has 7 nitrogen and oxygen atoms in total. The Labute approximate surface area is 113 Å². The Balaban J connectivity index is 3.91. The Bertz CT molecular complexity index is 333. The average Bonchev–Trinajstić information content (AvgIpc) is 2.27. The van der Waals surface area contributed by atoms with E-state index in [1.807, 2.05) is 6.92 Å². The first-order valence-corrected chi connectivity index (χ1v) is 6.26. The van der Waals surface area contributed by atoms with Crippen LogP contribution in [-0.2, 0) is 9.59 Å². The molecule has 0 heterocycles. The number of urea groups is 1. The summed E-state index contributed by atoms with van der Waals surface area (Å²) in [6.07, 6.45) is 1.98. The van der Waals surface area contributed by atoms with Crippen LogP contribution in [0.25, 0.3) is 0 Å². The van der Waals surface area contributed by atoms with Gasteiger partial charge < -0.3 is 21.1 Å². The molecule has 2 unspecified atom stereocenters. The van der Waals surface area contributed by atoms with Gasteiger partial charge in [-0.15, -0.1) is 0 Å². The van der Waals surface area contributed by atoms with E-state index in [-0.39, 0.29) is 24.5 Å². The molecule has 0 aromatic rings. The Kier molecular flexibility index (Phi) is 7.55. The van der Waals surface area contributed by atoms with Crippen molar-refractivity contribution in [3.8, 4) is 0 Å². The van der Waals surface area contributed by atoms with Gasteiger partial charge >= 0.3 is 12.0 Å². The Hall–Kier alpha value is -1.79. The van der Waals surface area contributed by atoms with Crippen LogP contribution in [0.3, 0.4) is 0 Å². The molecule has 7 heteroatoms. The van der Waals surface area contributed by atoms with Gasteiger partial charge in [0, 0.05) is 13.1 Å². The molecule has 0 aromatic heterocycles. The van der Waals surface area contributed by atoms with Crippen molar-refractivity contribution in [3.05, 3.63) is 0 Å². The molecule has 0 aliphatic rings. The van der Waals surface area contributed by atoms with Gasteiger partial charge in [-0.2, -0.15) is 0 Å². The molecule has 0 saturated heterocycles. The van der Waals surface area contributed by atoms with E-state index < -0.39 is 11.9 Å². The van der Waals surface area contributed by atoms with Gasteiger partial charge in [0.1, 0.15) is 6.54 Å². The molecular formula is C12H23N3O4. The number of nitrogens with two attached hydrogens (primary N) is 1. The van der Waals surface area contributed by atoms with Crippen LogP contribution in [0.15, 0.2) is 0 Å². The molecule has 0 fully saturated rings. The van der Waals surface area contributed by atoms with Crippen molar-refractivity contribution in [1.82, 2.24) is 10.2 Å². The van der Waals surface area contributed by atoms with Crippen molar-refractivity contribution < 1.29 is 19.5 Å². The predicted octanol–water partition coefficient (Wildman–Crippen LogP) is 0.393. The quantitative estimate of drug-likeness (QED) is 0.593. The molecule has 0 radical (unpaired) electrons. The number of carbonyl (C=O) groups excluding carboxylic acids is 2. The van der Waals surface area contributed by atoms with Crippen LogP contribution in [0, 0.1) is 5.92 Å². The first-order chi connectivity index (χ1) is 8.73. The molecule has 19 heavy (non-hydrogen) atoms. The lowest BCUT2D eigenvalue weighted by atomic mass is 10.0. The predicted molar refractivity (Wildman–Crippen MR) is 70.5 cm³/mol. The highest BCUT2D eigenvalue weighted by molar-refractivity contribution is 5.82. The van der Waals surface area contributed by atoms with E-state index in [1.165, 1.54) is 11.9 Å². The Morgan fingerprint density at radius 1 is 1.26 bits per heavy atom. The molecule has 0 aliphatic carbocycles. The van der Waals surface area contributed by atoms with Gasteiger partial charge in [-0.3, -0.25) is 9.59 Å². The lowest BCUT2D eigenvalue weighted by Crippen LogP contribution is -2.45. The van der Waals surface area contributed by atoms with E-state index in [0.717, 1.165) is 0 Å². The van der Waals surface area contributed by atoms with Crippen LogP contribution in [0.1, 0.15) is 33.1 Å². The fourth-order valence-electron chi connectivity index (χ4n) is 1.55. The average molecular weight is 273 g/mol. The number of hydrogen-bond donors (Lipinski definition) is 3. The molecule has 0 rings (SSSR count). The summed E-state index contributed by atoms with van der Waals surface area (Å²) in [5.74, 6) is -1.75. The summed E-state index contributed by atoms with van der Waals surface area (Å²) in [5, 5.41) is 11.4. The number of aliphatic carboxylic acids is 1. The van der Waals surface area contributed by atoms with E-state index in [2.05, 4.69) is 5.32 Å². The summed E-state index contributed by atoms with van der Waals surface area (Å²) in [6, 6.07) is -0.443. The van der Waals surface area contributed by atoms with Crippen LogP contribution in [0.5, 0.6) is 0 Å². The third kappa shape index (κ3) is 8.01. The lowest BCUT2D eigenvalue weighted by Gasteiger charge is -2.20. The van der Waals surface area contributed by atoms with Crippen LogP contribution in [-0.4, -0.2) is 47.5 Å². The standard InChI is InChI=1S/C12H23N3O4/c1-8(11(17)18)5-4-6-9(2)14-12(19)15(3)7-10(13)16/h8-9H,4-7H2,1-3H3,(H2,13,16)(H,14,19)(H,17,18). The number of nitrogens with one attached hydrogen (secondary N) is 1. The van der Waals surface area contributed by atoms with Gasteiger partial charge in [-0.1, -0.05) is 13.3 Å². The van der Waals surface area contributed by atoms with Gasteiger partial charge in [0.15, 0.2) is 0 Å². The van der Waals surface area contributed by atoms with Crippen molar-refractivity contribution >= 4 is 17.9 Å². The minimum absolute atomic E-state index is 0.0798. The van der Waals surface area contributed by atoms with E-state index in [9.17, 15) is 14.4 Å². The maximum atomic E-state index is 11.6. The van der Waals surface area contributed by atoms with Gasteiger partial charge in [0.2, 0.25) is 5.91 Å². The minimum Gasteiger partial charge on any atom is -0.481 e. The molecule has 2 atom stereocenters. The lowest BCUT2D eigenvalue weighted by molar-refractivity contribution is -0.141. The zero-order valence-electron chi connectivity index (χ0n) is 11.7. The van der Waals surface area contributed by atoms with Crippen LogP contribution >= 0.6 is 0 Å². The van der Waals surface area contributed by atoms with E-state index in [0.29, 0.717) is 19.3 Å². The number of nitrogens with zero attached hydrogens (tertiary/aromatic N) is 1. The zero-order chi connectivity index (χ0) is 15.0. The third-order valence-electron chi connectivity index (χ3n) is 2.81. The Morgan fingerprint density at radius 3 is 2.32 bits per heavy atom. The van der Waals surface area contributed by atoms with Crippen molar-refractivity contribution in [2.24, 2.45) is 11.7 Å². The third-order valence-corrected chi connectivity index (χ3v) is 2.81. The minimum atomic E-state index is -0.808. The number of carboxylic acid groups (broad SMARTS) is 1. The highest BCUT2D eigenvalue weighted by Gasteiger charge is 2.15. The van der Waals surface area contributed by atoms with Crippen LogP contribution in [0.4, 0.5) is 4.79 Å². The molecular weight excluding hydrogens is 250 g/mol. The second-order valence-corrected chi connectivity index (χ2v) is 4.84. The summed E-state index contributed by atoms with van der Waals surface area (Å²) >= 11 is 0. The molecule has 0 aromatic carbocycles. The second kappa shape index (κ2) is 8.34. The summed E-state index contributed by atoms with van der Waals surface area (Å²) in [7, 11) is 1.49. The van der Waals surface area contributed by atoms with Crippen LogP contribution < -0.4 is 11.1 Å². The smallest absolute Gasteiger partial charge is 0.317 e. The number of rotatable bonds is 8. The summed E-state index contributed by atoms with van der Waals surface area (Å²) in [6.45, 7) is 3.36. The monoisotopic (exact) mass is 273 g/mol. The first kappa shape index (κ1) is 17.2. The van der Waals surface area contributed by atoms with Gasteiger partial charge in [0.05, 0.1) is 5.92 Å². The molecule has 3 amide bonds. The largest absolute Gasteiger partial charge is 0.481 e. The molecule has 0 bridgehead atoms. The van der Waals surface area contributed by atoms with Gasteiger partial charge in [-0.25, -0.2) is 4.79 Å². The second-order valence-electron chi connectivity index (χ2n) is 4.84. The number of primary amides is 1. The number of carbonyl (C=O) groups is 3. The molecule has 0 saturated carbocycles. The number of likely N-dealkylation sites (N-methyl/N-ethyl adjacent to an activating group) is 1. The van der Waals surface area contributed by atoms with Crippen molar-refractivity contribution in [2.45, 2.75) is 39.2 Å². The van der Waals surface area contributed by atoms with Crippen molar-refractivity contribution in [2.75, 3.05) is 13.6 Å². The number of amides is 3. The SMILES string of the molecule is CC(CCCC(C)C(=O)O)NC(=O)N(C)CC(N)=O. The molecule has 0 aliphatic heterocycles. The summed E-state index contributed by atoms with van der Waals surface area (Å²) < 4.78 is 0. The highest BCUT2D eigenvalue weighted by Crippen LogP contribution is 2.09. The van der Waals surface area contributed by atoms with E-state index in [1.54, 1.807) is 6.92 Å². The zero-order valence-corrected chi connectivity index (χ0v) is 11.7. The Morgan fingerprint density at radius 2 is 1.84 bits per heavy atom. The summed E-state index contributed by atoms with van der Waals surface area (Å²) in [4.78, 5) is 34.1. The molecule has 110 valence electrons. The summed E-state index contributed by atoms with van der Waals surface area (Å²) in [5.41, 5.74) is 4.99.